The smallest absolute Gasteiger partial charge is 0.224 e. The minimum absolute atomic E-state index is 0.0647. The molecule has 3 rings (SSSR count). The van der Waals surface area contributed by atoms with Gasteiger partial charge in [0.25, 0.3) is 0 Å². The van der Waals surface area contributed by atoms with Crippen molar-refractivity contribution < 1.29 is 19.7 Å². The topological polar surface area (TPSA) is 130 Å². The van der Waals surface area contributed by atoms with E-state index in [2.05, 4.69) is 22.5 Å². The van der Waals surface area contributed by atoms with Gasteiger partial charge in [0.1, 0.15) is 5.82 Å². The molecule has 2 atom stereocenters. The Morgan fingerprint density at radius 1 is 1.12 bits per heavy atom. The zero-order valence-electron chi connectivity index (χ0n) is 19.5. The van der Waals surface area contributed by atoms with Crippen LogP contribution in [0.2, 0.25) is 0 Å². The van der Waals surface area contributed by atoms with Gasteiger partial charge in [-0.3, -0.25) is 4.79 Å². The van der Waals surface area contributed by atoms with Gasteiger partial charge in [0, 0.05) is 30.9 Å². The summed E-state index contributed by atoms with van der Waals surface area (Å²) in [5, 5.41) is 26.3. The lowest BCUT2D eigenvalue weighted by Crippen LogP contribution is -2.32. The number of aliphatic hydroxyl groups excluding tert-OH is 1. The second-order valence-corrected chi connectivity index (χ2v) is 8.33. The van der Waals surface area contributed by atoms with Gasteiger partial charge in [0.15, 0.2) is 11.5 Å². The highest BCUT2D eigenvalue weighted by Crippen LogP contribution is 2.26. The molecule has 1 unspecified atom stereocenters. The molecule has 1 heterocycles. The molecule has 0 aliphatic heterocycles. The molecule has 6 N–H and O–H groups in total. The van der Waals surface area contributed by atoms with Gasteiger partial charge < -0.3 is 31.3 Å². The number of carbonyl (C=O) groups excluding carboxylic acids is 1. The molecular formula is C26H32N4O4. The lowest BCUT2D eigenvalue weighted by atomic mass is 10.0. The number of hydrogen-bond acceptors (Lipinski definition) is 7. The van der Waals surface area contributed by atoms with Crippen molar-refractivity contribution in [2.45, 2.75) is 38.5 Å². The van der Waals surface area contributed by atoms with Gasteiger partial charge >= 0.3 is 0 Å². The van der Waals surface area contributed by atoms with Crippen molar-refractivity contribution in [2.24, 2.45) is 0 Å². The van der Waals surface area contributed by atoms with Crippen LogP contribution in [0.4, 0.5) is 5.82 Å². The van der Waals surface area contributed by atoms with Gasteiger partial charge in [-0.1, -0.05) is 36.4 Å². The summed E-state index contributed by atoms with van der Waals surface area (Å²) >= 11 is 0. The number of ether oxygens (including phenoxy) is 1. The molecule has 8 nitrogen and oxygen atoms in total. The molecule has 0 radical (unpaired) electrons. The highest BCUT2D eigenvalue weighted by Gasteiger charge is 2.11. The summed E-state index contributed by atoms with van der Waals surface area (Å²) in [4.78, 5) is 16.4. The fourth-order valence-electron chi connectivity index (χ4n) is 3.62. The molecule has 8 heteroatoms. The van der Waals surface area contributed by atoms with Crippen LogP contribution in [0, 0.1) is 0 Å². The van der Waals surface area contributed by atoms with Crippen molar-refractivity contribution in [1.82, 2.24) is 15.6 Å². The predicted molar refractivity (Wildman–Crippen MR) is 131 cm³/mol. The SMILES string of the molecule is COc1cc(CNC(=O)Cc2cccc(CC(C)NC[C@H](O)c3ccc(N)nc3)c2)ccc1O. The summed E-state index contributed by atoms with van der Waals surface area (Å²) in [6.45, 7) is 2.80. The third-order valence-corrected chi connectivity index (χ3v) is 5.49. The van der Waals surface area contributed by atoms with E-state index in [0.29, 0.717) is 30.2 Å². The first-order valence-corrected chi connectivity index (χ1v) is 11.2. The first kappa shape index (κ1) is 25.0. The van der Waals surface area contributed by atoms with Crippen LogP contribution in [-0.4, -0.2) is 40.8 Å². The lowest BCUT2D eigenvalue weighted by molar-refractivity contribution is -0.120. The number of nitrogens with two attached hydrogens (primary N) is 1. The number of pyridine rings is 1. The summed E-state index contributed by atoms with van der Waals surface area (Å²) in [5.41, 5.74) is 9.18. The largest absolute Gasteiger partial charge is 0.504 e. The van der Waals surface area contributed by atoms with E-state index in [1.165, 1.54) is 7.11 Å². The molecule has 1 amide bonds. The first-order chi connectivity index (χ1) is 16.3. The standard InChI is InChI=1S/C26H32N4O4/c1-17(28-16-23(32)21-7-9-25(27)29-15-21)10-18-4-3-5-19(11-18)13-26(33)30-14-20-6-8-22(31)24(12-20)34-2/h3-9,11-12,15,17,23,28,31-32H,10,13-14,16H2,1-2H3,(H2,27,29)(H,30,33)/t17?,23-/m0/s1. The number of carbonyl (C=O) groups is 1. The minimum Gasteiger partial charge on any atom is -0.504 e. The number of aromatic hydroxyl groups is 1. The van der Waals surface area contributed by atoms with Crippen molar-refractivity contribution in [3.05, 3.63) is 83.0 Å². The molecular weight excluding hydrogens is 432 g/mol. The third-order valence-electron chi connectivity index (χ3n) is 5.49. The molecule has 2 aromatic carbocycles. The normalized spacial score (nSPS) is 12.7. The number of nitrogens with one attached hydrogen (secondary N) is 2. The maximum atomic E-state index is 12.4. The number of rotatable bonds is 11. The number of phenols is 1. The van der Waals surface area contributed by atoms with Crippen molar-refractivity contribution in [3.8, 4) is 11.5 Å². The number of benzene rings is 2. The van der Waals surface area contributed by atoms with Gasteiger partial charge in [-0.05, 0) is 48.2 Å². The maximum absolute atomic E-state index is 12.4. The number of methoxy groups -OCH3 is 1. The van der Waals surface area contributed by atoms with Crippen LogP contribution in [0.5, 0.6) is 11.5 Å². The molecule has 0 saturated carbocycles. The fraction of sp³-hybridized carbons (Fsp3) is 0.308. The summed E-state index contributed by atoms with van der Waals surface area (Å²) in [6, 6.07) is 16.5. The van der Waals surface area contributed by atoms with E-state index in [1.54, 1.807) is 36.5 Å². The van der Waals surface area contributed by atoms with Crippen LogP contribution in [0.25, 0.3) is 0 Å². The van der Waals surface area contributed by atoms with Crippen LogP contribution in [-0.2, 0) is 24.2 Å². The quantitative estimate of drug-likeness (QED) is 0.295. The zero-order valence-corrected chi connectivity index (χ0v) is 19.5. The van der Waals surface area contributed by atoms with Crippen LogP contribution in [0.3, 0.4) is 0 Å². The maximum Gasteiger partial charge on any atom is 0.224 e. The predicted octanol–water partition coefficient (Wildman–Crippen LogP) is 2.49. The Bertz CT molecular complexity index is 1090. The Morgan fingerprint density at radius 2 is 1.91 bits per heavy atom. The monoisotopic (exact) mass is 464 g/mol. The van der Waals surface area contributed by atoms with E-state index in [0.717, 1.165) is 23.1 Å². The number of aromatic nitrogens is 1. The van der Waals surface area contributed by atoms with E-state index in [-0.39, 0.29) is 24.1 Å². The average molecular weight is 465 g/mol. The third kappa shape index (κ3) is 7.47. The van der Waals surface area contributed by atoms with Crippen LogP contribution < -0.4 is 21.1 Å². The van der Waals surface area contributed by atoms with E-state index in [9.17, 15) is 15.0 Å². The first-order valence-electron chi connectivity index (χ1n) is 11.2. The van der Waals surface area contributed by atoms with E-state index in [1.807, 2.05) is 24.3 Å². The molecule has 1 aromatic heterocycles. The molecule has 0 aliphatic rings. The minimum atomic E-state index is -0.667. The van der Waals surface area contributed by atoms with Gasteiger partial charge in [-0.15, -0.1) is 0 Å². The number of amides is 1. The Balaban J connectivity index is 1.47. The summed E-state index contributed by atoms with van der Waals surface area (Å²) in [6.07, 6.45) is 1.95. The van der Waals surface area contributed by atoms with Gasteiger partial charge in [-0.2, -0.15) is 0 Å². The summed E-state index contributed by atoms with van der Waals surface area (Å²) < 4.78 is 5.10. The average Bonchev–Trinajstić information content (AvgIpc) is 2.82. The highest BCUT2D eigenvalue weighted by atomic mass is 16.5. The van der Waals surface area contributed by atoms with Crippen molar-refractivity contribution in [2.75, 3.05) is 19.4 Å². The second kappa shape index (κ2) is 12.0. The lowest BCUT2D eigenvalue weighted by Gasteiger charge is -2.18. The molecule has 180 valence electrons. The summed E-state index contributed by atoms with van der Waals surface area (Å²) in [5.74, 6) is 0.775. The number of phenolic OH excluding ortho intramolecular Hbond substituents is 1. The Kier molecular flexibility index (Phi) is 8.84. The Hall–Kier alpha value is -3.62. The van der Waals surface area contributed by atoms with Crippen LogP contribution in [0.1, 0.15) is 35.3 Å². The molecule has 0 spiro atoms. The van der Waals surface area contributed by atoms with Gasteiger partial charge in [0.2, 0.25) is 5.91 Å². The molecule has 0 aliphatic carbocycles. The van der Waals surface area contributed by atoms with E-state index >= 15 is 0 Å². The molecule has 0 fully saturated rings. The number of nitrogens with zero attached hydrogens (tertiary/aromatic N) is 1. The van der Waals surface area contributed by atoms with Crippen LogP contribution >= 0.6 is 0 Å². The number of nitrogen functional groups attached to an aromatic ring is 1. The van der Waals surface area contributed by atoms with Gasteiger partial charge in [0.05, 0.1) is 19.6 Å². The van der Waals surface area contributed by atoms with Crippen molar-refractivity contribution >= 4 is 11.7 Å². The van der Waals surface area contributed by atoms with E-state index in [4.69, 9.17) is 10.5 Å². The van der Waals surface area contributed by atoms with Crippen molar-refractivity contribution in [3.63, 3.8) is 0 Å². The molecule has 3 aromatic rings. The number of aliphatic hydroxyl groups is 1. The second-order valence-electron chi connectivity index (χ2n) is 8.33. The van der Waals surface area contributed by atoms with Crippen LogP contribution in [0.15, 0.2) is 60.8 Å². The fourth-order valence-corrected chi connectivity index (χ4v) is 3.62. The summed E-state index contributed by atoms with van der Waals surface area (Å²) in [7, 11) is 1.49. The van der Waals surface area contributed by atoms with E-state index < -0.39 is 6.10 Å². The Labute approximate surface area is 199 Å². The number of hydrogen-bond donors (Lipinski definition) is 5. The van der Waals surface area contributed by atoms with Gasteiger partial charge in [-0.25, -0.2) is 4.98 Å². The van der Waals surface area contributed by atoms with Crippen molar-refractivity contribution in [1.29, 1.82) is 0 Å². The number of anilines is 1. The molecule has 0 saturated heterocycles. The zero-order chi connectivity index (χ0) is 24.5. The highest BCUT2D eigenvalue weighted by molar-refractivity contribution is 5.78. The molecule has 0 bridgehead atoms. The Morgan fingerprint density at radius 3 is 2.65 bits per heavy atom. The molecule has 34 heavy (non-hydrogen) atoms.